The molecule has 0 saturated carbocycles. The third-order valence-corrected chi connectivity index (χ3v) is 6.92. The van der Waals surface area contributed by atoms with E-state index in [4.69, 9.17) is 33.0 Å². The number of anilines is 1. The van der Waals surface area contributed by atoms with E-state index in [1.54, 1.807) is 24.3 Å². The second-order valence-corrected chi connectivity index (χ2v) is 9.95. The molecule has 0 saturated heterocycles. The van der Waals surface area contributed by atoms with E-state index in [1.807, 2.05) is 37.3 Å². The van der Waals surface area contributed by atoms with Crippen molar-refractivity contribution in [1.82, 2.24) is 4.98 Å². The SMILES string of the molecule is CC[C@H](C)[C@@H](COc1ccc(-c2ccc(Cl)cc2Cl)c(C)n1)Nc1ccc(C(=O)CCCC(=O)O)cc1. The first-order valence-corrected chi connectivity index (χ1v) is 13.1. The van der Waals surface area contributed by atoms with Gasteiger partial charge in [-0.1, -0.05) is 49.5 Å². The van der Waals surface area contributed by atoms with Crippen LogP contribution in [0.25, 0.3) is 11.1 Å². The number of Topliss-reactive ketones (excluding diaryl/α,β-unsaturated/α-hetero) is 1. The van der Waals surface area contributed by atoms with Gasteiger partial charge in [0.2, 0.25) is 5.88 Å². The molecule has 1 heterocycles. The fourth-order valence-corrected chi connectivity index (χ4v) is 4.44. The molecule has 3 rings (SSSR count). The van der Waals surface area contributed by atoms with Crippen molar-refractivity contribution < 1.29 is 19.4 Å². The summed E-state index contributed by atoms with van der Waals surface area (Å²) in [6.45, 7) is 6.62. The number of aryl methyl sites for hydroxylation is 1. The van der Waals surface area contributed by atoms with Crippen molar-refractivity contribution in [2.24, 2.45) is 5.92 Å². The number of hydrogen-bond donors (Lipinski definition) is 2. The number of nitrogens with zero attached hydrogens (tertiary/aromatic N) is 1. The molecule has 2 N–H and O–H groups in total. The summed E-state index contributed by atoms with van der Waals surface area (Å²) in [5.41, 5.74) is 4.05. The van der Waals surface area contributed by atoms with E-state index in [1.165, 1.54) is 0 Å². The van der Waals surface area contributed by atoms with Crippen LogP contribution < -0.4 is 10.1 Å². The molecule has 6 nitrogen and oxygen atoms in total. The number of hydrogen-bond acceptors (Lipinski definition) is 5. The monoisotopic (exact) mass is 542 g/mol. The number of carbonyl (C=O) groups is 2. The fraction of sp³-hybridized carbons (Fsp3) is 0.345. The number of benzene rings is 2. The highest BCUT2D eigenvalue weighted by atomic mass is 35.5. The van der Waals surface area contributed by atoms with Crippen LogP contribution in [0.4, 0.5) is 5.69 Å². The van der Waals surface area contributed by atoms with Crippen LogP contribution in [0, 0.1) is 12.8 Å². The number of carboxylic acids is 1. The molecule has 0 amide bonds. The van der Waals surface area contributed by atoms with Crippen molar-refractivity contribution in [2.45, 2.75) is 52.5 Å². The molecule has 0 bridgehead atoms. The highest BCUT2D eigenvalue weighted by Gasteiger charge is 2.18. The fourth-order valence-electron chi connectivity index (χ4n) is 3.93. The van der Waals surface area contributed by atoms with Gasteiger partial charge in [-0.15, -0.1) is 0 Å². The van der Waals surface area contributed by atoms with E-state index in [-0.39, 0.29) is 24.7 Å². The maximum absolute atomic E-state index is 12.3. The number of rotatable bonds is 13. The van der Waals surface area contributed by atoms with Crippen molar-refractivity contribution in [1.29, 1.82) is 0 Å². The molecule has 196 valence electrons. The average Bonchev–Trinajstić information content (AvgIpc) is 2.86. The second-order valence-electron chi connectivity index (χ2n) is 9.10. The Morgan fingerprint density at radius 2 is 1.73 bits per heavy atom. The van der Waals surface area contributed by atoms with E-state index in [9.17, 15) is 9.59 Å². The van der Waals surface area contributed by atoms with Crippen LogP contribution in [0.15, 0.2) is 54.6 Å². The van der Waals surface area contributed by atoms with Gasteiger partial charge in [0, 0.05) is 57.0 Å². The minimum Gasteiger partial charge on any atom is -0.481 e. The number of pyridine rings is 1. The Morgan fingerprint density at radius 3 is 2.35 bits per heavy atom. The van der Waals surface area contributed by atoms with E-state index < -0.39 is 5.97 Å². The van der Waals surface area contributed by atoms with Crippen molar-refractivity contribution >= 4 is 40.6 Å². The number of nitrogens with one attached hydrogen (secondary N) is 1. The predicted molar refractivity (Wildman–Crippen MR) is 149 cm³/mol. The molecule has 2 atom stereocenters. The standard InChI is InChI=1S/C29H32Cl2N2O4/c1-4-18(2)26(33-22-11-8-20(9-12-22)27(34)6-5-7-29(35)36)17-37-28-15-14-23(19(3)32-28)24-13-10-21(30)16-25(24)31/h8-16,18,26,33H,4-7,17H2,1-3H3,(H,35,36)/t18-,26+/m0/s1. The zero-order valence-corrected chi connectivity index (χ0v) is 22.8. The highest BCUT2D eigenvalue weighted by molar-refractivity contribution is 6.36. The third-order valence-electron chi connectivity index (χ3n) is 6.38. The Balaban J connectivity index is 1.64. The Kier molecular flexibility index (Phi) is 10.4. The number of carboxylic acid groups (broad SMARTS) is 1. The number of aromatic nitrogens is 1. The first kappa shape index (κ1) is 28.5. The Hall–Kier alpha value is -3.09. The molecular weight excluding hydrogens is 511 g/mol. The van der Waals surface area contributed by atoms with E-state index >= 15 is 0 Å². The van der Waals surface area contributed by atoms with E-state index in [2.05, 4.69) is 24.1 Å². The Labute approximate surface area is 228 Å². The highest BCUT2D eigenvalue weighted by Crippen LogP contribution is 2.32. The summed E-state index contributed by atoms with van der Waals surface area (Å²) in [7, 11) is 0. The van der Waals surface area contributed by atoms with Crippen LogP contribution in [0.1, 0.15) is 55.6 Å². The van der Waals surface area contributed by atoms with Crippen molar-refractivity contribution in [3.05, 3.63) is 75.9 Å². The Bertz CT molecular complexity index is 1230. The van der Waals surface area contributed by atoms with Gasteiger partial charge in [-0.3, -0.25) is 9.59 Å². The molecule has 3 aromatic rings. The number of carbonyl (C=O) groups excluding carboxylic acids is 1. The molecule has 0 spiro atoms. The molecule has 2 aromatic carbocycles. The molecule has 0 unspecified atom stereocenters. The average molecular weight is 543 g/mol. The summed E-state index contributed by atoms with van der Waals surface area (Å²) in [4.78, 5) is 27.6. The summed E-state index contributed by atoms with van der Waals surface area (Å²) in [6.07, 6.45) is 1.51. The maximum atomic E-state index is 12.3. The lowest BCUT2D eigenvalue weighted by Gasteiger charge is -2.25. The van der Waals surface area contributed by atoms with Crippen molar-refractivity contribution in [3.63, 3.8) is 0 Å². The molecule has 37 heavy (non-hydrogen) atoms. The third kappa shape index (κ3) is 8.20. The number of aliphatic carboxylic acids is 1. The quantitative estimate of drug-likeness (QED) is 0.215. The van der Waals surface area contributed by atoms with Gasteiger partial charge in [0.15, 0.2) is 5.78 Å². The van der Waals surface area contributed by atoms with Crippen molar-refractivity contribution in [2.75, 3.05) is 11.9 Å². The predicted octanol–water partition coefficient (Wildman–Crippen LogP) is 7.71. The smallest absolute Gasteiger partial charge is 0.303 e. The largest absolute Gasteiger partial charge is 0.481 e. The van der Waals surface area contributed by atoms with Gasteiger partial charge in [0.1, 0.15) is 6.61 Å². The van der Waals surface area contributed by atoms with Gasteiger partial charge in [-0.25, -0.2) is 4.98 Å². The zero-order valence-electron chi connectivity index (χ0n) is 21.3. The first-order chi connectivity index (χ1) is 17.7. The van der Waals surface area contributed by atoms with Crippen LogP contribution in [0.5, 0.6) is 5.88 Å². The second kappa shape index (κ2) is 13.5. The summed E-state index contributed by atoms with van der Waals surface area (Å²) in [5, 5.41) is 13.4. The van der Waals surface area contributed by atoms with Gasteiger partial charge >= 0.3 is 5.97 Å². The van der Waals surface area contributed by atoms with Crippen LogP contribution in [-0.2, 0) is 4.79 Å². The van der Waals surface area contributed by atoms with Gasteiger partial charge in [0.25, 0.3) is 0 Å². The minimum atomic E-state index is -0.891. The van der Waals surface area contributed by atoms with Gasteiger partial charge in [-0.05, 0) is 61.7 Å². The van der Waals surface area contributed by atoms with Crippen LogP contribution in [-0.4, -0.2) is 34.5 Å². The summed E-state index contributed by atoms with van der Waals surface area (Å²) in [5.74, 6) is -0.0911. The first-order valence-electron chi connectivity index (χ1n) is 12.3. The Morgan fingerprint density at radius 1 is 1.03 bits per heavy atom. The molecule has 1 aromatic heterocycles. The van der Waals surface area contributed by atoms with E-state index in [0.717, 1.165) is 28.9 Å². The van der Waals surface area contributed by atoms with Crippen LogP contribution >= 0.6 is 23.2 Å². The lowest BCUT2D eigenvalue weighted by molar-refractivity contribution is -0.137. The summed E-state index contributed by atoms with van der Waals surface area (Å²) in [6, 6.07) is 16.5. The van der Waals surface area contributed by atoms with Crippen LogP contribution in [0.2, 0.25) is 10.0 Å². The zero-order chi connectivity index (χ0) is 26.9. The molecule has 0 aliphatic heterocycles. The summed E-state index contributed by atoms with van der Waals surface area (Å²) >= 11 is 12.4. The topological polar surface area (TPSA) is 88.5 Å². The summed E-state index contributed by atoms with van der Waals surface area (Å²) < 4.78 is 6.08. The molecule has 0 radical (unpaired) electrons. The van der Waals surface area contributed by atoms with Gasteiger partial charge in [0.05, 0.1) is 6.04 Å². The minimum absolute atomic E-state index is 0.00600. The van der Waals surface area contributed by atoms with Gasteiger partial charge < -0.3 is 15.2 Å². The lowest BCUT2D eigenvalue weighted by atomic mass is 9.99. The number of ketones is 1. The van der Waals surface area contributed by atoms with E-state index in [0.29, 0.717) is 40.4 Å². The van der Waals surface area contributed by atoms with Crippen LogP contribution in [0.3, 0.4) is 0 Å². The number of ether oxygens (including phenoxy) is 1. The number of halogens is 2. The normalized spacial score (nSPS) is 12.6. The molecule has 8 heteroatoms. The molecular formula is C29H32Cl2N2O4. The maximum Gasteiger partial charge on any atom is 0.303 e. The molecule has 0 aliphatic carbocycles. The van der Waals surface area contributed by atoms with Crippen molar-refractivity contribution in [3.8, 4) is 17.0 Å². The molecule has 0 fully saturated rings. The van der Waals surface area contributed by atoms with Gasteiger partial charge in [-0.2, -0.15) is 0 Å². The molecule has 0 aliphatic rings. The lowest BCUT2D eigenvalue weighted by Crippen LogP contribution is -2.33.